The second-order valence-electron chi connectivity index (χ2n) is 8.95. The molecule has 1 saturated heterocycles. The number of hydrogen-bond donors (Lipinski definition) is 0. The van der Waals surface area contributed by atoms with Gasteiger partial charge in [0.2, 0.25) is 0 Å². The first kappa shape index (κ1) is 27.2. The van der Waals surface area contributed by atoms with E-state index in [0.29, 0.717) is 0 Å². The van der Waals surface area contributed by atoms with E-state index in [2.05, 4.69) is 83.4 Å². The van der Waals surface area contributed by atoms with Crippen LogP contribution in [0.4, 0.5) is 0 Å². The van der Waals surface area contributed by atoms with Crippen LogP contribution in [0.25, 0.3) is 11.0 Å². The second-order valence-corrected chi connectivity index (χ2v) is 8.95. The highest BCUT2D eigenvalue weighted by Crippen LogP contribution is 2.29. The van der Waals surface area contributed by atoms with Gasteiger partial charge in [0.15, 0.2) is 5.58 Å². The Labute approximate surface area is 210 Å². The van der Waals surface area contributed by atoms with Crippen LogP contribution in [0.3, 0.4) is 0 Å². The summed E-state index contributed by atoms with van der Waals surface area (Å²) in [7, 11) is 4.15. The summed E-state index contributed by atoms with van der Waals surface area (Å²) >= 11 is 0. The van der Waals surface area contributed by atoms with Gasteiger partial charge in [0.1, 0.15) is 0 Å². The highest BCUT2D eigenvalue weighted by Gasteiger charge is 2.21. The van der Waals surface area contributed by atoms with Crippen molar-refractivity contribution < 1.29 is 4.52 Å². The third-order valence-corrected chi connectivity index (χ3v) is 6.30. The van der Waals surface area contributed by atoms with Gasteiger partial charge in [0, 0.05) is 29.6 Å². The standard InChI is InChI=1S/C27H33N3O.2ClH/c1-4-8-23-12-13-24-26(28-31-27(24)25(23)20-29(2)3)14-11-21-15-17-30(18-16-21)19-22-9-6-5-7-10-22;;/h5-7,9-10,12-13,21H,11,14-20H2,1-3H3;2*1H. The molecule has 0 spiro atoms. The maximum Gasteiger partial charge on any atom is 0.172 e. The normalized spacial score (nSPS) is 14.4. The van der Waals surface area contributed by atoms with Crippen LogP contribution >= 0.6 is 24.8 Å². The molecule has 0 amide bonds. The van der Waals surface area contributed by atoms with Crippen molar-refractivity contribution in [2.45, 2.75) is 45.7 Å². The molecule has 0 atom stereocenters. The zero-order chi connectivity index (χ0) is 21.6. The number of benzene rings is 2. The zero-order valence-electron chi connectivity index (χ0n) is 19.8. The van der Waals surface area contributed by atoms with Crippen molar-refractivity contribution in [3.8, 4) is 11.8 Å². The van der Waals surface area contributed by atoms with Gasteiger partial charge in [-0.2, -0.15) is 0 Å². The largest absolute Gasteiger partial charge is 0.356 e. The van der Waals surface area contributed by atoms with Crippen molar-refractivity contribution in [2.24, 2.45) is 5.92 Å². The number of likely N-dealkylation sites (tertiary alicyclic amines) is 1. The first-order valence-corrected chi connectivity index (χ1v) is 11.4. The molecule has 33 heavy (non-hydrogen) atoms. The number of aryl methyl sites for hydroxylation is 1. The summed E-state index contributed by atoms with van der Waals surface area (Å²) in [4.78, 5) is 4.74. The van der Waals surface area contributed by atoms with Crippen LogP contribution in [0.15, 0.2) is 47.0 Å². The molecule has 0 radical (unpaired) electrons. The molecule has 1 aliphatic heterocycles. The predicted molar refractivity (Wildman–Crippen MR) is 141 cm³/mol. The summed E-state index contributed by atoms with van der Waals surface area (Å²) < 4.78 is 5.84. The summed E-state index contributed by atoms with van der Waals surface area (Å²) in [5.74, 6) is 7.01. The van der Waals surface area contributed by atoms with Crippen LogP contribution in [0.5, 0.6) is 0 Å². The molecular weight excluding hydrogens is 453 g/mol. The minimum Gasteiger partial charge on any atom is -0.356 e. The second kappa shape index (κ2) is 13.0. The highest BCUT2D eigenvalue weighted by atomic mass is 35.5. The maximum atomic E-state index is 5.84. The van der Waals surface area contributed by atoms with E-state index in [1.54, 1.807) is 0 Å². The third kappa shape index (κ3) is 6.98. The van der Waals surface area contributed by atoms with Crippen molar-refractivity contribution in [1.29, 1.82) is 0 Å². The van der Waals surface area contributed by atoms with Crippen LogP contribution < -0.4 is 0 Å². The Kier molecular flexibility index (Phi) is 10.7. The van der Waals surface area contributed by atoms with Crippen molar-refractivity contribution in [2.75, 3.05) is 27.2 Å². The average molecular weight is 489 g/mol. The van der Waals surface area contributed by atoms with Gasteiger partial charge in [-0.1, -0.05) is 41.4 Å². The van der Waals surface area contributed by atoms with Crippen molar-refractivity contribution in [1.82, 2.24) is 15.0 Å². The van der Waals surface area contributed by atoms with Gasteiger partial charge in [-0.05, 0) is 83.4 Å². The topological polar surface area (TPSA) is 32.5 Å². The molecule has 0 unspecified atom stereocenters. The van der Waals surface area contributed by atoms with E-state index < -0.39 is 0 Å². The van der Waals surface area contributed by atoms with E-state index in [0.717, 1.165) is 53.2 Å². The molecule has 4 nitrogen and oxygen atoms in total. The lowest BCUT2D eigenvalue weighted by atomic mass is 9.90. The zero-order valence-corrected chi connectivity index (χ0v) is 21.5. The lowest BCUT2D eigenvalue weighted by Gasteiger charge is -2.31. The van der Waals surface area contributed by atoms with E-state index >= 15 is 0 Å². The molecule has 0 aliphatic carbocycles. The molecule has 0 saturated carbocycles. The Morgan fingerprint density at radius 1 is 1.06 bits per heavy atom. The summed E-state index contributed by atoms with van der Waals surface area (Å²) in [5.41, 5.74) is 5.59. The first-order chi connectivity index (χ1) is 15.1. The van der Waals surface area contributed by atoms with Crippen LogP contribution in [0.1, 0.15) is 48.6 Å². The fourth-order valence-electron chi connectivity index (χ4n) is 4.63. The van der Waals surface area contributed by atoms with Crippen LogP contribution in [-0.2, 0) is 19.5 Å². The van der Waals surface area contributed by atoms with E-state index in [9.17, 15) is 0 Å². The number of hydrogen-bond acceptors (Lipinski definition) is 4. The van der Waals surface area contributed by atoms with Gasteiger partial charge in [0.05, 0.1) is 5.69 Å². The summed E-state index contributed by atoms with van der Waals surface area (Å²) in [5, 5.41) is 5.62. The fraction of sp³-hybridized carbons (Fsp3) is 0.444. The summed E-state index contributed by atoms with van der Waals surface area (Å²) in [6.07, 6.45) is 4.70. The molecule has 1 aliphatic rings. The van der Waals surface area contributed by atoms with Gasteiger partial charge in [-0.25, -0.2) is 0 Å². The number of piperidine rings is 1. The molecule has 0 bridgehead atoms. The molecule has 178 valence electrons. The molecule has 2 aromatic carbocycles. The summed E-state index contributed by atoms with van der Waals surface area (Å²) in [6, 6.07) is 15.1. The van der Waals surface area contributed by atoms with Crippen molar-refractivity contribution in [3.05, 3.63) is 64.8 Å². The Morgan fingerprint density at radius 2 is 1.79 bits per heavy atom. The molecule has 1 fully saturated rings. The number of halogens is 2. The third-order valence-electron chi connectivity index (χ3n) is 6.30. The minimum atomic E-state index is 0. The Morgan fingerprint density at radius 3 is 2.45 bits per heavy atom. The van der Waals surface area contributed by atoms with Crippen molar-refractivity contribution in [3.63, 3.8) is 0 Å². The molecule has 0 N–H and O–H groups in total. The molecule has 3 aromatic rings. The predicted octanol–water partition coefficient (Wildman–Crippen LogP) is 5.95. The first-order valence-electron chi connectivity index (χ1n) is 11.4. The van der Waals surface area contributed by atoms with E-state index in [-0.39, 0.29) is 24.8 Å². The van der Waals surface area contributed by atoms with Gasteiger partial charge >= 0.3 is 0 Å². The van der Waals surface area contributed by atoms with Gasteiger partial charge in [0.25, 0.3) is 0 Å². The Hall–Kier alpha value is -2.03. The Bertz CT molecular complexity index is 1060. The monoisotopic (exact) mass is 487 g/mol. The molecule has 1 aromatic heterocycles. The van der Waals surface area contributed by atoms with E-state index in [1.165, 1.54) is 37.9 Å². The highest BCUT2D eigenvalue weighted by molar-refractivity contribution is 5.86. The molecule has 4 rings (SSSR count). The number of rotatable bonds is 7. The van der Waals surface area contributed by atoms with E-state index in [4.69, 9.17) is 4.52 Å². The SMILES string of the molecule is CC#Cc1ccc2c(CCC3CCN(Cc4ccccc4)CC3)noc2c1CN(C)C.Cl.Cl. The fourth-order valence-corrected chi connectivity index (χ4v) is 4.63. The molecule has 6 heteroatoms. The molecular formula is C27H35Cl2N3O. The smallest absolute Gasteiger partial charge is 0.172 e. The number of fused-ring (bicyclic) bond motifs is 1. The van der Waals surface area contributed by atoms with Crippen LogP contribution in [0.2, 0.25) is 0 Å². The lowest BCUT2D eigenvalue weighted by Crippen LogP contribution is -2.33. The van der Waals surface area contributed by atoms with Crippen LogP contribution in [-0.4, -0.2) is 42.1 Å². The summed E-state index contributed by atoms with van der Waals surface area (Å²) in [6.45, 7) is 6.12. The average Bonchev–Trinajstić information content (AvgIpc) is 3.19. The van der Waals surface area contributed by atoms with Crippen molar-refractivity contribution >= 4 is 35.8 Å². The number of nitrogens with zero attached hydrogens (tertiary/aromatic N) is 3. The maximum absolute atomic E-state index is 5.84. The molecule has 2 heterocycles. The van der Waals surface area contributed by atoms with Gasteiger partial charge in [-0.3, -0.25) is 4.90 Å². The minimum absolute atomic E-state index is 0. The van der Waals surface area contributed by atoms with E-state index in [1.807, 2.05) is 6.92 Å². The quantitative estimate of drug-likeness (QED) is 0.385. The van der Waals surface area contributed by atoms with Crippen LogP contribution in [0, 0.1) is 17.8 Å². The van der Waals surface area contributed by atoms with Gasteiger partial charge in [-0.15, -0.1) is 30.7 Å². The number of aromatic nitrogens is 1. The lowest BCUT2D eigenvalue weighted by molar-refractivity contribution is 0.172. The Balaban J connectivity index is 0.00000193. The van der Waals surface area contributed by atoms with Gasteiger partial charge < -0.3 is 9.42 Å².